The molecule has 0 heterocycles. The van der Waals surface area contributed by atoms with Gasteiger partial charge in [0.05, 0.1) is 5.02 Å². The van der Waals surface area contributed by atoms with Gasteiger partial charge in [-0.05, 0) is 41.4 Å². The van der Waals surface area contributed by atoms with Crippen molar-refractivity contribution < 1.29 is 14.3 Å². The molecule has 6 heteroatoms. The second-order valence-electron chi connectivity index (χ2n) is 3.67. The average molecular weight is 351 g/mol. The van der Waals surface area contributed by atoms with Crippen molar-refractivity contribution in [1.29, 1.82) is 0 Å². The van der Waals surface area contributed by atoms with Crippen LogP contribution in [-0.2, 0) is 20.8 Å². The molecule has 1 amide bonds. The van der Waals surface area contributed by atoms with Gasteiger partial charge < -0.3 is 14.8 Å². The summed E-state index contributed by atoms with van der Waals surface area (Å²) in [5.74, 6) is -0.296. The lowest BCUT2D eigenvalue weighted by atomic mass is 10.2. The lowest BCUT2D eigenvalue weighted by Crippen LogP contribution is -2.38. The zero-order valence-electron chi connectivity index (χ0n) is 10.9. The normalized spacial score (nSPS) is 10.8. The summed E-state index contributed by atoms with van der Waals surface area (Å²) in [5, 5.41) is 3.37. The van der Waals surface area contributed by atoms with Crippen LogP contribution in [-0.4, -0.2) is 25.4 Å². The minimum absolute atomic E-state index is 0.296. The van der Waals surface area contributed by atoms with E-state index >= 15 is 0 Å². The van der Waals surface area contributed by atoms with E-state index in [0.29, 0.717) is 24.8 Å². The number of hydrogen-bond donors (Lipinski definition) is 1. The van der Waals surface area contributed by atoms with E-state index in [1.54, 1.807) is 6.07 Å². The molecular formula is C13H17BrClNO3. The highest BCUT2D eigenvalue weighted by atomic mass is 79.9. The van der Waals surface area contributed by atoms with Gasteiger partial charge in [0.25, 0.3) is 5.91 Å². The Labute approximate surface area is 126 Å². The van der Waals surface area contributed by atoms with Gasteiger partial charge in [0.2, 0.25) is 6.29 Å². The molecule has 0 saturated heterocycles. The van der Waals surface area contributed by atoms with Gasteiger partial charge in [0.15, 0.2) is 0 Å². The molecule has 19 heavy (non-hydrogen) atoms. The Hall–Kier alpha value is -0.620. The highest BCUT2D eigenvalue weighted by molar-refractivity contribution is 9.10. The SMILES string of the molecule is CCOC(OCC)C(=O)NCc1cccc(Cl)c1Br. The Bertz CT molecular complexity index is 422. The third-order valence-corrected chi connectivity index (χ3v) is 3.81. The largest absolute Gasteiger partial charge is 0.348 e. The summed E-state index contributed by atoms with van der Waals surface area (Å²) in [4.78, 5) is 11.9. The Morgan fingerprint density at radius 3 is 2.58 bits per heavy atom. The summed E-state index contributed by atoms with van der Waals surface area (Å²) < 4.78 is 11.2. The van der Waals surface area contributed by atoms with Crippen molar-refractivity contribution in [2.75, 3.05) is 13.2 Å². The predicted octanol–water partition coefficient (Wildman–Crippen LogP) is 3.12. The number of benzene rings is 1. The topological polar surface area (TPSA) is 47.6 Å². The minimum Gasteiger partial charge on any atom is -0.348 e. The van der Waals surface area contributed by atoms with E-state index in [2.05, 4.69) is 21.2 Å². The fraction of sp³-hybridized carbons (Fsp3) is 0.462. The number of carbonyl (C=O) groups excluding carboxylic acids is 1. The summed E-state index contributed by atoms with van der Waals surface area (Å²) in [6.45, 7) is 4.81. The molecule has 0 aliphatic rings. The van der Waals surface area contributed by atoms with Crippen LogP contribution < -0.4 is 5.32 Å². The first-order valence-electron chi connectivity index (χ1n) is 6.03. The van der Waals surface area contributed by atoms with Crippen LogP contribution in [0.25, 0.3) is 0 Å². The standard InChI is InChI=1S/C13H17BrClNO3/c1-3-18-13(19-4-2)12(17)16-8-9-6-5-7-10(15)11(9)14/h5-7,13H,3-4,8H2,1-2H3,(H,16,17). The maximum Gasteiger partial charge on any atom is 0.277 e. The molecule has 0 fully saturated rings. The van der Waals surface area contributed by atoms with Crippen LogP contribution in [0.2, 0.25) is 5.02 Å². The van der Waals surface area contributed by atoms with E-state index in [-0.39, 0.29) is 5.91 Å². The zero-order chi connectivity index (χ0) is 14.3. The van der Waals surface area contributed by atoms with Gasteiger partial charge in [0, 0.05) is 24.2 Å². The first-order chi connectivity index (χ1) is 9.10. The van der Waals surface area contributed by atoms with Crippen LogP contribution in [0.5, 0.6) is 0 Å². The van der Waals surface area contributed by atoms with E-state index in [9.17, 15) is 4.79 Å². The monoisotopic (exact) mass is 349 g/mol. The smallest absolute Gasteiger partial charge is 0.277 e. The van der Waals surface area contributed by atoms with E-state index in [1.165, 1.54) is 0 Å². The van der Waals surface area contributed by atoms with Crippen molar-refractivity contribution in [3.05, 3.63) is 33.3 Å². The molecule has 0 saturated carbocycles. The first kappa shape index (κ1) is 16.4. The minimum atomic E-state index is -0.868. The van der Waals surface area contributed by atoms with Crippen molar-refractivity contribution >= 4 is 33.4 Å². The predicted molar refractivity (Wildman–Crippen MR) is 78.0 cm³/mol. The number of halogens is 2. The van der Waals surface area contributed by atoms with Crippen LogP contribution in [0.3, 0.4) is 0 Å². The molecule has 0 radical (unpaired) electrons. The molecule has 1 aromatic rings. The maximum atomic E-state index is 11.9. The lowest BCUT2D eigenvalue weighted by molar-refractivity contribution is -0.170. The molecule has 0 bridgehead atoms. The number of carbonyl (C=O) groups is 1. The van der Waals surface area contributed by atoms with Gasteiger partial charge in [0.1, 0.15) is 0 Å². The van der Waals surface area contributed by atoms with Gasteiger partial charge in [-0.3, -0.25) is 4.79 Å². The Morgan fingerprint density at radius 2 is 2.00 bits per heavy atom. The highest BCUT2D eigenvalue weighted by Crippen LogP contribution is 2.25. The van der Waals surface area contributed by atoms with Crippen LogP contribution in [0.4, 0.5) is 0 Å². The average Bonchev–Trinajstić information content (AvgIpc) is 2.40. The third kappa shape index (κ3) is 5.10. The fourth-order valence-electron chi connectivity index (χ4n) is 1.45. The number of nitrogens with one attached hydrogen (secondary N) is 1. The first-order valence-corrected chi connectivity index (χ1v) is 7.21. The van der Waals surface area contributed by atoms with Gasteiger partial charge in [-0.1, -0.05) is 23.7 Å². The lowest BCUT2D eigenvalue weighted by Gasteiger charge is -2.16. The van der Waals surface area contributed by atoms with Gasteiger partial charge >= 0.3 is 0 Å². The number of rotatable bonds is 7. The van der Waals surface area contributed by atoms with E-state index < -0.39 is 6.29 Å². The molecule has 106 valence electrons. The van der Waals surface area contributed by atoms with Crippen molar-refractivity contribution in [1.82, 2.24) is 5.32 Å². The third-order valence-electron chi connectivity index (χ3n) is 2.33. The zero-order valence-corrected chi connectivity index (χ0v) is 13.3. The van der Waals surface area contributed by atoms with Crippen molar-refractivity contribution in [2.45, 2.75) is 26.7 Å². The summed E-state index contributed by atoms with van der Waals surface area (Å²) >= 11 is 9.37. The molecular weight excluding hydrogens is 334 g/mol. The van der Waals surface area contributed by atoms with Gasteiger partial charge in [-0.2, -0.15) is 0 Å². The number of amides is 1. The fourth-order valence-corrected chi connectivity index (χ4v) is 2.05. The molecule has 1 aromatic carbocycles. The van der Waals surface area contributed by atoms with Gasteiger partial charge in [-0.15, -0.1) is 0 Å². The van der Waals surface area contributed by atoms with E-state index in [4.69, 9.17) is 21.1 Å². The quantitative estimate of drug-likeness (QED) is 0.769. The van der Waals surface area contributed by atoms with Crippen molar-refractivity contribution in [3.63, 3.8) is 0 Å². The molecule has 0 aliphatic carbocycles. The molecule has 0 aliphatic heterocycles. The molecule has 0 unspecified atom stereocenters. The second kappa shape index (κ2) is 8.53. The summed E-state index contributed by atoms with van der Waals surface area (Å²) in [7, 11) is 0. The van der Waals surface area contributed by atoms with E-state index in [0.717, 1.165) is 10.0 Å². The molecule has 1 rings (SSSR count). The number of hydrogen-bond acceptors (Lipinski definition) is 3. The van der Waals surface area contributed by atoms with E-state index in [1.807, 2.05) is 26.0 Å². The number of ether oxygens (including phenoxy) is 2. The molecule has 0 atom stereocenters. The second-order valence-corrected chi connectivity index (χ2v) is 4.87. The van der Waals surface area contributed by atoms with Crippen LogP contribution in [0, 0.1) is 0 Å². The molecule has 0 spiro atoms. The Morgan fingerprint density at radius 1 is 1.37 bits per heavy atom. The highest BCUT2D eigenvalue weighted by Gasteiger charge is 2.18. The molecule has 4 nitrogen and oxygen atoms in total. The van der Waals surface area contributed by atoms with Crippen molar-refractivity contribution in [3.8, 4) is 0 Å². The molecule has 1 N–H and O–H groups in total. The Balaban J connectivity index is 2.59. The van der Waals surface area contributed by atoms with Gasteiger partial charge in [-0.25, -0.2) is 0 Å². The Kier molecular flexibility index (Phi) is 7.38. The van der Waals surface area contributed by atoms with Crippen molar-refractivity contribution in [2.24, 2.45) is 0 Å². The summed E-state index contributed by atoms with van der Waals surface area (Å²) in [5.41, 5.74) is 0.896. The maximum absolute atomic E-state index is 11.9. The summed E-state index contributed by atoms with van der Waals surface area (Å²) in [6, 6.07) is 5.49. The molecule has 0 aromatic heterocycles. The summed E-state index contributed by atoms with van der Waals surface area (Å²) in [6.07, 6.45) is -0.868. The van der Waals surface area contributed by atoms with Crippen LogP contribution in [0.15, 0.2) is 22.7 Å². The van der Waals surface area contributed by atoms with Crippen LogP contribution >= 0.6 is 27.5 Å². The van der Waals surface area contributed by atoms with Crippen LogP contribution in [0.1, 0.15) is 19.4 Å².